The van der Waals surface area contributed by atoms with Crippen molar-refractivity contribution in [3.8, 4) is 0 Å². The molecule has 6 nitrogen and oxygen atoms in total. The Kier molecular flexibility index (Phi) is 6.16. The van der Waals surface area contributed by atoms with E-state index < -0.39 is 25.3 Å². The standard InChI is InChI=1S/C15H20N2O4S3/c1-12(2)17-24(20,21)16-11-15(14-9-6-10-22-14)23(18,19)13-7-4-3-5-8-13/h3-10,12,15-17H,11H2,1-2H3. The van der Waals surface area contributed by atoms with Gasteiger partial charge in [0, 0.05) is 17.5 Å². The van der Waals surface area contributed by atoms with E-state index >= 15 is 0 Å². The van der Waals surface area contributed by atoms with E-state index in [1.165, 1.54) is 23.5 Å². The molecule has 2 rings (SSSR count). The Morgan fingerprint density at radius 1 is 1.00 bits per heavy atom. The molecule has 1 aromatic carbocycles. The molecule has 0 aliphatic carbocycles. The maximum Gasteiger partial charge on any atom is 0.277 e. The van der Waals surface area contributed by atoms with E-state index in [2.05, 4.69) is 9.44 Å². The van der Waals surface area contributed by atoms with Gasteiger partial charge in [0.25, 0.3) is 10.2 Å². The van der Waals surface area contributed by atoms with Crippen LogP contribution in [0.3, 0.4) is 0 Å². The molecule has 1 unspecified atom stereocenters. The molecule has 0 radical (unpaired) electrons. The largest absolute Gasteiger partial charge is 0.277 e. The summed E-state index contributed by atoms with van der Waals surface area (Å²) in [4.78, 5) is 0.755. The van der Waals surface area contributed by atoms with Crippen LogP contribution < -0.4 is 9.44 Å². The Hall–Kier alpha value is -1.26. The maximum absolute atomic E-state index is 12.9. The summed E-state index contributed by atoms with van der Waals surface area (Å²) in [7, 11) is -7.49. The molecule has 0 bridgehead atoms. The molecule has 1 atom stereocenters. The fourth-order valence-corrected chi connectivity index (χ4v) is 6.15. The number of thiophene rings is 1. The van der Waals surface area contributed by atoms with Crippen LogP contribution in [-0.4, -0.2) is 29.4 Å². The predicted octanol–water partition coefficient (Wildman–Crippen LogP) is 2.10. The summed E-state index contributed by atoms with van der Waals surface area (Å²) in [5, 5.41) is 0.785. The number of nitrogens with one attached hydrogen (secondary N) is 2. The molecule has 9 heteroatoms. The number of hydrogen-bond donors (Lipinski definition) is 2. The zero-order valence-corrected chi connectivity index (χ0v) is 15.8. The Bertz CT molecular complexity index is 845. The van der Waals surface area contributed by atoms with Crippen LogP contribution in [0.5, 0.6) is 0 Å². The van der Waals surface area contributed by atoms with Gasteiger partial charge in [0.15, 0.2) is 9.84 Å². The van der Waals surface area contributed by atoms with Gasteiger partial charge in [0.05, 0.1) is 4.90 Å². The van der Waals surface area contributed by atoms with Crippen LogP contribution in [0, 0.1) is 0 Å². The zero-order chi connectivity index (χ0) is 17.8. The van der Waals surface area contributed by atoms with Gasteiger partial charge < -0.3 is 0 Å². The summed E-state index contributed by atoms with van der Waals surface area (Å²) in [5.74, 6) is 0. The van der Waals surface area contributed by atoms with Crippen molar-refractivity contribution in [2.24, 2.45) is 0 Å². The fourth-order valence-electron chi connectivity index (χ4n) is 2.15. The number of rotatable bonds is 8. The first-order valence-corrected chi connectivity index (χ1v) is 11.2. The number of sulfone groups is 1. The van der Waals surface area contributed by atoms with E-state index in [9.17, 15) is 16.8 Å². The topological polar surface area (TPSA) is 92.3 Å². The van der Waals surface area contributed by atoms with Gasteiger partial charge in [-0.2, -0.15) is 13.1 Å². The summed E-state index contributed by atoms with van der Waals surface area (Å²) < 4.78 is 54.5. The third-order valence-electron chi connectivity index (χ3n) is 3.16. The van der Waals surface area contributed by atoms with E-state index in [-0.39, 0.29) is 17.5 Å². The lowest BCUT2D eigenvalue weighted by atomic mass is 10.3. The van der Waals surface area contributed by atoms with E-state index in [1.54, 1.807) is 49.6 Å². The molecule has 2 aromatic rings. The van der Waals surface area contributed by atoms with Gasteiger partial charge in [0.1, 0.15) is 5.25 Å². The molecule has 0 amide bonds. The normalized spacial score (nSPS) is 14.0. The molecule has 0 saturated heterocycles. The van der Waals surface area contributed by atoms with Gasteiger partial charge >= 0.3 is 0 Å². The second-order valence-electron chi connectivity index (χ2n) is 5.49. The average molecular weight is 389 g/mol. The lowest BCUT2D eigenvalue weighted by Crippen LogP contribution is -2.42. The van der Waals surface area contributed by atoms with Crippen LogP contribution in [0.25, 0.3) is 0 Å². The van der Waals surface area contributed by atoms with Crippen molar-refractivity contribution in [2.45, 2.75) is 30.0 Å². The number of benzene rings is 1. The molecule has 1 heterocycles. The van der Waals surface area contributed by atoms with E-state index in [0.717, 1.165) is 0 Å². The monoisotopic (exact) mass is 388 g/mol. The zero-order valence-electron chi connectivity index (χ0n) is 13.3. The SMILES string of the molecule is CC(C)NS(=O)(=O)NCC(c1cccs1)S(=O)(=O)c1ccccc1. The molecule has 1 aromatic heterocycles. The molecule has 2 N–H and O–H groups in total. The van der Waals surface area contributed by atoms with Crippen molar-refractivity contribution in [1.29, 1.82) is 0 Å². The Balaban J connectivity index is 2.31. The van der Waals surface area contributed by atoms with Crippen LogP contribution in [0.1, 0.15) is 24.0 Å². The highest BCUT2D eigenvalue weighted by Gasteiger charge is 2.31. The van der Waals surface area contributed by atoms with Crippen LogP contribution >= 0.6 is 11.3 Å². The summed E-state index contributed by atoms with van der Waals surface area (Å²) >= 11 is 1.28. The second-order valence-corrected chi connectivity index (χ2v) is 10.1. The van der Waals surface area contributed by atoms with E-state index in [4.69, 9.17) is 0 Å². The first-order chi connectivity index (χ1) is 11.2. The average Bonchev–Trinajstić information content (AvgIpc) is 3.00. The summed E-state index contributed by atoms with van der Waals surface area (Å²) in [6.07, 6.45) is 0. The van der Waals surface area contributed by atoms with Gasteiger partial charge in [-0.1, -0.05) is 24.3 Å². The van der Waals surface area contributed by atoms with Crippen LogP contribution in [0.15, 0.2) is 52.7 Å². The summed E-state index contributed by atoms with van der Waals surface area (Å²) in [5.41, 5.74) is 0. The van der Waals surface area contributed by atoms with Crippen molar-refractivity contribution >= 4 is 31.4 Å². The minimum Gasteiger partial charge on any atom is -0.223 e. The van der Waals surface area contributed by atoms with Crippen molar-refractivity contribution in [1.82, 2.24) is 9.44 Å². The molecular weight excluding hydrogens is 368 g/mol. The van der Waals surface area contributed by atoms with Gasteiger partial charge in [0.2, 0.25) is 0 Å². The lowest BCUT2D eigenvalue weighted by molar-refractivity contribution is 0.550. The van der Waals surface area contributed by atoms with Crippen molar-refractivity contribution in [3.05, 3.63) is 52.7 Å². The summed E-state index contributed by atoms with van der Waals surface area (Å²) in [6.45, 7) is 3.15. The number of hydrogen-bond acceptors (Lipinski definition) is 5. The van der Waals surface area contributed by atoms with Crippen molar-refractivity contribution < 1.29 is 16.8 Å². The Morgan fingerprint density at radius 2 is 1.67 bits per heavy atom. The molecule has 0 aliphatic rings. The van der Waals surface area contributed by atoms with E-state index in [0.29, 0.717) is 4.88 Å². The molecule has 24 heavy (non-hydrogen) atoms. The predicted molar refractivity (Wildman–Crippen MR) is 95.9 cm³/mol. The smallest absolute Gasteiger partial charge is 0.223 e. The maximum atomic E-state index is 12.9. The highest BCUT2D eigenvalue weighted by atomic mass is 32.2. The molecule has 0 spiro atoms. The highest BCUT2D eigenvalue weighted by molar-refractivity contribution is 7.92. The minimum absolute atomic E-state index is 0.166. The van der Waals surface area contributed by atoms with Gasteiger partial charge in [-0.25, -0.2) is 13.1 Å². The quantitative estimate of drug-likeness (QED) is 0.724. The Morgan fingerprint density at radius 3 is 2.21 bits per heavy atom. The second kappa shape index (κ2) is 7.75. The fraction of sp³-hybridized carbons (Fsp3) is 0.333. The van der Waals surface area contributed by atoms with Crippen molar-refractivity contribution in [3.63, 3.8) is 0 Å². The Labute approximate surface area is 147 Å². The van der Waals surface area contributed by atoms with Crippen LogP contribution in [0.4, 0.5) is 0 Å². The molecular formula is C15H20N2O4S3. The minimum atomic E-state index is -3.77. The first kappa shape index (κ1) is 19.1. The molecule has 0 fully saturated rings. The molecule has 0 aliphatic heterocycles. The van der Waals surface area contributed by atoms with Crippen LogP contribution in [0.2, 0.25) is 0 Å². The van der Waals surface area contributed by atoms with E-state index in [1.807, 2.05) is 0 Å². The first-order valence-electron chi connectivity index (χ1n) is 7.31. The third kappa shape index (κ3) is 4.87. The summed E-state index contributed by atoms with van der Waals surface area (Å²) in [6, 6.07) is 11.2. The lowest BCUT2D eigenvalue weighted by Gasteiger charge is -2.18. The molecule has 132 valence electrons. The highest BCUT2D eigenvalue weighted by Crippen LogP contribution is 2.31. The van der Waals surface area contributed by atoms with Gasteiger partial charge in [-0.15, -0.1) is 11.3 Å². The van der Waals surface area contributed by atoms with Gasteiger partial charge in [-0.05, 0) is 37.4 Å². The van der Waals surface area contributed by atoms with Gasteiger partial charge in [-0.3, -0.25) is 0 Å². The van der Waals surface area contributed by atoms with Crippen molar-refractivity contribution in [2.75, 3.05) is 6.54 Å². The van der Waals surface area contributed by atoms with Crippen LogP contribution in [-0.2, 0) is 20.0 Å². The third-order valence-corrected chi connectivity index (χ3v) is 7.72. The molecule has 0 saturated carbocycles.